The summed E-state index contributed by atoms with van der Waals surface area (Å²) >= 11 is 0. The standard InChI is InChI=1S/C18H18O7S/c1-3-23-17(19)15(18(20)24-4-2)12-13-10-11-16(25-13)26(21,22)14-8-6-5-7-9-14/h5-12H,3-4H2,1-2H3. The molecule has 8 heteroatoms. The number of ether oxygens (including phenoxy) is 2. The van der Waals surface area contributed by atoms with Gasteiger partial charge in [0.25, 0.3) is 0 Å². The Morgan fingerprint density at radius 1 is 0.962 bits per heavy atom. The minimum atomic E-state index is -3.84. The predicted octanol–water partition coefficient (Wildman–Crippen LogP) is 2.62. The van der Waals surface area contributed by atoms with Crippen molar-refractivity contribution < 1.29 is 31.9 Å². The van der Waals surface area contributed by atoms with Gasteiger partial charge in [0, 0.05) is 6.08 Å². The van der Waals surface area contributed by atoms with Crippen molar-refractivity contribution >= 4 is 27.9 Å². The van der Waals surface area contributed by atoms with Crippen LogP contribution in [0.25, 0.3) is 6.08 Å². The molecule has 2 rings (SSSR count). The van der Waals surface area contributed by atoms with Crippen molar-refractivity contribution in [2.45, 2.75) is 23.8 Å². The predicted molar refractivity (Wildman–Crippen MR) is 91.8 cm³/mol. The Balaban J connectivity index is 2.38. The molecule has 0 radical (unpaired) electrons. The summed E-state index contributed by atoms with van der Waals surface area (Å²) in [5.74, 6) is -1.75. The smallest absolute Gasteiger partial charge is 0.345 e. The zero-order valence-electron chi connectivity index (χ0n) is 14.3. The van der Waals surface area contributed by atoms with Gasteiger partial charge in [0.05, 0.1) is 18.1 Å². The van der Waals surface area contributed by atoms with E-state index in [4.69, 9.17) is 13.9 Å². The van der Waals surface area contributed by atoms with E-state index in [1.54, 1.807) is 32.0 Å². The van der Waals surface area contributed by atoms with Crippen molar-refractivity contribution in [1.29, 1.82) is 0 Å². The number of sulfone groups is 1. The first kappa shape index (κ1) is 19.5. The van der Waals surface area contributed by atoms with Gasteiger partial charge in [-0.25, -0.2) is 18.0 Å². The van der Waals surface area contributed by atoms with Crippen LogP contribution in [0, 0.1) is 0 Å². The Labute approximate surface area is 151 Å². The Bertz CT molecular complexity index is 888. The van der Waals surface area contributed by atoms with Crippen LogP contribution in [-0.4, -0.2) is 33.6 Å². The molecule has 26 heavy (non-hydrogen) atoms. The van der Waals surface area contributed by atoms with Gasteiger partial charge in [-0.2, -0.15) is 0 Å². The Kier molecular flexibility index (Phi) is 6.35. The molecule has 0 amide bonds. The van der Waals surface area contributed by atoms with Crippen LogP contribution in [0.3, 0.4) is 0 Å². The number of carbonyl (C=O) groups excluding carboxylic acids is 2. The van der Waals surface area contributed by atoms with E-state index in [9.17, 15) is 18.0 Å². The third kappa shape index (κ3) is 4.40. The summed E-state index contributed by atoms with van der Waals surface area (Å²) in [5.41, 5.74) is -0.383. The molecule has 1 aromatic heterocycles. The van der Waals surface area contributed by atoms with Crippen molar-refractivity contribution in [1.82, 2.24) is 0 Å². The molecule has 1 heterocycles. The van der Waals surface area contributed by atoms with Gasteiger partial charge in [0.2, 0.25) is 14.9 Å². The highest BCUT2D eigenvalue weighted by molar-refractivity contribution is 7.91. The monoisotopic (exact) mass is 378 g/mol. The third-order valence-corrected chi connectivity index (χ3v) is 4.84. The Morgan fingerprint density at radius 3 is 2.08 bits per heavy atom. The second kappa shape index (κ2) is 8.48. The molecule has 0 saturated heterocycles. The number of hydrogen-bond acceptors (Lipinski definition) is 7. The van der Waals surface area contributed by atoms with E-state index in [-0.39, 0.29) is 34.5 Å². The molecular formula is C18H18O7S. The fourth-order valence-electron chi connectivity index (χ4n) is 2.03. The van der Waals surface area contributed by atoms with E-state index in [2.05, 4.69) is 0 Å². The molecule has 0 atom stereocenters. The van der Waals surface area contributed by atoms with Crippen molar-refractivity contribution in [3.8, 4) is 0 Å². The first-order chi connectivity index (χ1) is 12.4. The maximum atomic E-state index is 12.5. The Morgan fingerprint density at radius 2 is 1.54 bits per heavy atom. The molecule has 0 unspecified atom stereocenters. The maximum absolute atomic E-state index is 12.5. The zero-order chi connectivity index (χ0) is 19.2. The summed E-state index contributed by atoms with van der Waals surface area (Å²) in [6, 6.07) is 10.4. The van der Waals surface area contributed by atoms with E-state index in [1.807, 2.05) is 0 Å². The molecule has 7 nitrogen and oxygen atoms in total. The molecule has 0 N–H and O–H groups in total. The fraction of sp³-hybridized carbons (Fsp3) is 0.222. The molecule has 0 aliphatic rings. The highest BCUT2D eigenvalue weighted by Crippen LogP contribution is 2.24. The van der Waals surface area contributed by atoms with Gasteiger partial charge in [-0.05, 0) is 38.1 Å². The molecule has 1 aromatic carbocycles. The Hall–Kier alpha value is -2.87. The van der Waals surface area contributed by atoms with Crippen molar-refractivity contribution in [2.24, 2.45) is 0 Å². The summed E-state index contributed by atoms with van der Waals surface area (Å²) in [6.07, 6.45) is 1.10. The average Bonchev–Trinajstić information content (AvgIpc) is 3.10. The van der Waals surface area contributed by atoms with Crippen LogP contribution in [0.2, 0.25) is 0 Å². The van der Waals surface area contributed by atoms with Crippen LogP contribution in [-0.2, 0) is 28.9 Å². The van der Waals surface area contributed by atoms with Gasteiger partial charge >= 0.3 is 11.9 Å². The fourth-order valence-corrected chi connectivity index (χ4v) is 3.23. The second-order valence-electron chi connectivity index (χ2n) is 4.97. The van der Waals surface area contributed by atoms with Crippen molar-refractivity contribution in [3.63, 3.8) is 0 Å². The summed E-state index contributed by atoms with van der Waals surface area (Å²) in [7, 11) is -3.84. The highest BCUT2D eigenvalue weighted by Gasteiger charge is 2.24. The molecule has 0 fully saturated rings. The van der Waals surface area contributed by atoms with Crippen LogP contribution in [0.5, 0.6) is 0 Å². The lowest BCUT2D eigenvalue weighted by Gasteiger charge is -2.05. The number of benzene rings is 1. The average molecular weight is 378 g/mol. The van der Waals surface area contributed by atoms with Crippen molar-refractivity contribution in [3.05, 3.63) is 53.8 Å². The lowest BCUT2D eigenvalue weighted by molar-refractivity contribution is -0.146. The molecule has 0 bridgehead atoms. The number of rotatable bonds is 7. The van der Waals surface area contributed by atoms with Crippen LogP contribution in [0.15, 0.2) is 62.4 Å². The lowest BCUT2D eigenvalue weighted by Crippen LogP contribution is -2.18. The summed E-state index contributed by atoms with van der Waals surface area (Å²) in [6.45, 7) is 3.33. The van der Waals surface area contributed by atoms with E-state index in [1.165, 1.54) is 24.3 Å². The highest BCUT2D eigenvalue weighted by atomic mass is 32.2. The first-order valence-electron chi connectivity index (χ1n) is 7.86. The molecule has 0 saturated carbocycles. The quantitative estimate of drug-likeness (QED) is 0.316. The number of esters is 2. The van der Waals surface area contributed by atoms with E-state index >= 15 is 0 Å². The van der Waals surface area contributed by atoms with Crippen molar-refractivity contribution in [2.75, 3.05) is 13.2 Å². The van der Waals surface area contributed by atoms with Crippen LogP contribution in [0.4, 0.5) is 0 Å². The first-order valence-corrected chi connectivity index (χ1v) is 9.34. The minimum absolute atomic E-state index is 0.00983. The van der Waals surface area contributed by atoms with Crippen LogP contribution < -0.4 is 0 Å². The number of furan rings is 1. The summed E-state index contributed by atoms with van der Waals surface area (Å²) in [4.78, 5) is 23.9. The summed E-state index contributed by atoms with van der Waals surface area (Å²) in [5, 5.41) is -0.304. The van der Waals surface area contributed by atoms with E-state index in [0.29, 0.717) is 0 Å². The maximum Gasteiger partial charge on any atom is 0.345 e. The molecule has 0 spiro atoms. The van der Waals surface area contributed by atoms with Crippen LogP contribution in [0.1, 0.15) is 19.6 Å². The molecule has 0 aliphatic carbocycles. The van der Waals surface area contributed by atoms with Gasteiger partial charge < -0.3 is 13.9 Å². The number of hydrogen-bond donors (Lipinski definition) is 0. The summed E-state index contributed by atoms with van der Waals surface area (Å²) < 4.78 is 40.0. The SMILES string of the molecule is CCOC(=O)C(=Cc1ccc(S(=O)(=O)c2ccccc2)o1)C(=O)OCC. The minimum Gasteiger partial charge on any atom is -0.462 e. The molecule has 2 aromatic rings. The zero-order valence-corrected chi connectivity index (χ0v) is 15.1. The van der Waals surface area contributed by atoms with Gasteiger partial charge in [0.15, 0.2) is 0 Å². The normalized spacial score (nSPS) is 10.8. The lowest BCUT2D eigenvalue weighted by atomic mass is 10.2. The molecule has 138 valence electrons. The van der Waals surface area contributed by atoms with Crippen LogP contribution >= 0.6 is 0 Å². The van der Waals surface area contributed by atoms with E-state index < -0.39 is 21.8 Å². The van der Waals surface area contributed by atoms with E-state index in [0.717, 1.165) is 6.08 Å². The van der Waals surface area contributed by atoms with Gasteiger partial charge in [-0.1, -0.05) is 18.2 Å². The van der Waals surface area contributed by atoms with Gasteiger partial charge in [-0.15, -0.1) is 0 Å². The van der Waals surface area contributed by atoms with Gasteiger partial charge in [-0.3, -0.25) is 0 Å². The topological polar surface area (TPSA) is 99.9 Å². The third-order valence-electron chi connectivity index (χ3n) is 3.20. The van der Waals surface area contributed by atoms with Gasteiger partial charge in [0.1, 0.15) is 11.3 Å². The molecular weight excluding hydrogens is 360 g/mol. The second-order valence-corrected chi connectivity index (χ2v) is 6.85. The largest absolute Gasteiger partial charge is 0.462 e. The molecule has 0 aliphatic heterocycles. The number of carbonyl (C=O) groups is 2.